The van der Waals surface area contributed by atoms with Gasteiger partial charge in [0.1, 0.15) is 18.2 Å². The summed E-state index contributed by atoms with van der Waals surface area (Å²) in [6.07, 6.45) is 2.32. The number of hydrogen-bond acceptors (Lipinski definition) is 8. The Hall–Kier alpha value is -4.09. The van der Waals surface area contributed by atoms with Crippen LogP contribution in [0.25, 0.3) is 10.9 Å². The largest absolute Gasteiger partial charge is 0.465 e. The molecule has 4 rings (SSSR count). The number of halogens is 2. The maximum Gasteiger partial charge on any atom is 0.302 e. The van der Waals surface area contributed by atoms with E-state index in [1.807, 2.05) is 13.8 Å². The molecular formula is C29H28ClFN4O5S. The van der Waals surface area contributed by atoms with Gasteiger partial charge in [0.05, 0.1) is 33.2 Å². The minimum atomic E-state index is -3.93. The average Bonchev–Trinajstić information content (AvgIpc) is 2.91. The van der Waals surface area contributed by atoms with Crippen molar-refractivity contribution in [3.8, 4) is 0 Å². The van der Waals surface area contributed by atoms with E-state index in [0.29, 0.717) is 21.8 Å². The molecule has 1 amide bonds. The number of anilines is 2. The molecule has 9 nitrogen and oxygen atoms in total. The maximum atomic E-state index is 14.2. The van der Waals surface area contributed by atoms with E-state index in [-0.39, 0.29) is 35.1 Å². The number of nitrogens with zero attached hydrogens (tertiary/aromatic N) is 3. The third-order valence-electron chi connectivity index (χ3n) is 6.40. The second-order valence-corrected chi connectivity index (χ2v) is 12.6. The van der Waals surface area contributed by atoms with Crippen molar-refractivity contribution in [1.82, 2.24) is 9.97 Å². The number of esters is 1. The first-order valence-corrected chi connectivity index (χ1v) is 14.7. The van der Waals surface area contributed by atoms with E-state index in [1.165, 1.54) is 24.1 Å². The molecule has 0 unspecified atom stereocenters. The fourth-order valence-corrected chi connectivity index (χ4v) is 5.23. The number of rotatable bonds is 8. The lowest BCUT2D eigenvalue weighted by atomic mass is 9.89. The molecule has 0 aliphatic heterocycles. The molecule has 2 aromatic heterocycles. The van der Waals surface area contributed by atoms with Crippen molar-refractivity contribution < 1.29 is 27.1 Å². The van der Waals surface area contributed by atoms with Crippen LogP contribution in [0, 0.1) is 5.82 Å². The van der Waals surface area contributed by atoms with E-state index in [4.69, 9.17) is 22.1 Å². The molecule has 214 valence electrons. The first-order chi connectivity index (χ1) is 19.2. The van der Waals surface area contributed by atoms with E-state index in [1.54, 1.807) is 36.4 Å². The summed E-state index contributed by atoms with van der Waals surface area (Å²) in [7, 11) is -3.93. The number of ether oxygens (including phenoxy) is 1. The van der Waals surface area contributed by atoms with Gasteiger partial charge in [-0.3, -0.25) is 14.6 Å². The molecule has 4 aromatic rings. The van der Waals surface area contributed by atoms with Crippen LogP contribution in [0.5, 0.6) is 0 Å². The van der Waals surface area contributed by atoms with Crippen molar-refractivity contribution in [1.29, 1.82) is 0 Å². The number of fused-ring (bicyclic) bond motifs is 1. The average molecular weight is 599 g/mol. The number of carbonyl (C=O) groups is 2. The number of nitrogen functional groups attached to an aromatic ring is 1. The molecule has 2 N–H and O–H groups in total. The topological polar surface area (TPSA) is 133 Å². The van der Waals surface area contributed by atoms with Crippen LogP contribution in [0.1, 0.15) is 42.4 Å². The van der Waals surface area contributed by atoms with E-state index in [9.17, 15) is 22.4 Å². The monoisotopic (exact) mass is 598 g/mol. The van der Waals surface area contributed by atoms with Crippen LogP contribution in [-0.4, -0.2) is 43.1 Å². The Morgan fingerprint density at radius 1 is 1.10 bits per heavy atom. The molecule has 41 heavy (non-hydrogen) atoms. The van der Waals surface area contributed by atoms with Gasteiger partial charge in [0, 0.05) is 35.9 Å². The van der Waals surface area contributed by atoms with Crippen LogP contribution in [0.15, 0.2) is 65.7 Å². The summed E-state index contributed by atoms with van der Waals surface area (Å²) in [6.45, 7) is 5.02. The Morgan fingerprint density at radius 3 is 2.46 bits per heavy atom. The van der Waals surface area contributed by atoms with Gasteiger partial charge < -0.3 is 15.4 Å². The maximum absolute atomic E-state index is 14.2. The number of carbonyl (C=O) groups excluding carboxylic acids is 2. The van der Waals surface area contributed by atoms with Crippen LogP contribution < -0.4 is 10.6 Å². The molecule has 0 radical (unpaired) electrons. The van der Waals surface area contributed by atoms with Gasteiger partial charge in [-0.05, 0) is 48.0 Å². The van der Waals surface area contributed by atoms with Crippen LogP contribution in [0.4, 0.5) is 15.9 Å². The molecule has 12 heteroatoms. The second kappa shape index (κ2) is 11.4. The third-order valence-corrected chi connectivity index (χ3v) is 7.83. The van der Waals surface area contributed by atoms with Gasteiger partial charge in [-0.1, -0.05) is 37.6 Å². The Balaban J connectivity index is 1.78. The molecule has 0 aliphatic carbocycles. The molecule has 2 heterocycles. The molecule has 0 spiro atoms. The van der Waals surface area contributed by atoms with Gasteiger partial charge in [0.2, 0.25) is 0 Å². The van der Waals surface area contributed by atoms with Crippen molar-refractivity contribution in [2.75, 3.05) is 23.5 Å². The molecule has 0 bridgehead atoms. The summed E-state index contributed by atoms with van der Waals surface area (Å²) in [4.78, 5) is 34.8. The molecule has 0 atom stereocenters. The predicted octanol–water partition coefficient (Wildman–Crippen LogP) is 5.10. The smallest absolute Gasteiger partial charge is 0.302 e. The van der Waals surface area contributed by atoms with Gasteiger partial charge in [-0.25, -0.2) is 17.8 Å². The summed E-state index contributed by atoms with van der Waals surface area (Å²) < 4.78 is 44.6. The van der Waals surface area contributed by atoms with Crippen molar-refractivity contribution in [2.45, 2.75) is 37.6 Å². The number of aromatic nitrogens is 2. The lowest BCUT2D eigenvalue weighted by molar-refractivity contribution is -0.142. The van der Waals surface area contributed by atoms with Crippen molar-refractivity contribution in [3.63, 3.8) is 0 Å². The van der Waals surface area contributed by atoms with Gasteiger partial charge >= 0.3 is 5.97 Å². The van der Waals surface area contributed by atoms with E-state index in [2.05, 4.69) is 9.97 Å². The first kappa shape index (κ1) is 29.9. The lowest BCUT2D eigenvalue weighted by Crippen LogP contribution is -2.32. The SMILES string of the molecule is CC(=O)OCC(C)(C)c1ccc(C(=O)N(Cc2ccc3cc(Cl)c(N)nc3c2)c2ccc(F)cc2S(C)(=O)=O)cn1. The Kier molecular flexibility index (Phi) is 8.32. The highest BCUT2D eigenvalue weighted by atomic mass is 35.5. The molecule has 2 aromatic carbocycles. The Bertz CT molecular complexity index is 1760. The quantitative estimate of drug-likeness (QED) is 0.277. The fraction of sp³-hybridized carbons (Fsp3) is 0.241. The zero-order valence-corrected chi connectivity index (χ0v) is 24.4. The summed E-state index contributed by atoms with van der Waals surface area (Å²) in [5.74, 6) is -1.60. The lowest BCUT2D eigenvalue weighted by Gasteiger charge is -2.26. The number of benzene rings is 2. The Labute approximate surface area is 242 Å². The van der Waals surface area contributed by atoms with E-state index in [0.717, 1.165) is 23.8 Å². The normalized spacial score (nSPS) is 11.9. The Morgan fingerprint density at radius 2 is 1.83 bits per heavy atom. The zero-order valence-electron chi connectivity index (χ0n) is 22.8. The van der Waals surface area contributed by atoms with Gasteiger partial charge in [0.25, 0.3) is 5.91 Å². The number of sulfone groups is 1. The van der Waals surface area contributed by atoms with Crippen LogP contribution in [-0.2, 0) is 31.3 Å². The highest BCUT2D eigenvalue weighted by Gasteiger charge is 2.28. The molecular weight excluding hydrogens is 571 g/mol. The van der Waals surface area contributed by atoms with Crippen LogP contribution in [0.3, 0.4) is 0 Å². The fourth-order valence-electron chi connectivity index (χ4n) is 4.19. The molecule has 0 fully saturated rings. The predicted molar refractivity (Wildman–Crippen MR) is 155 cm³/mol. The number of nitrogens with two attached hydrogens (primary N) is 1. The van der Waals surface area contributed by atoms with Crippen molar-refractivity contribution in [2.24, 2.45) is 0 Å². The third kappa shape index (κ3) is 6.80. The highest BCUT2D eigenvalue weighted by molar-refractivity contribution is 7.90. The molecule has 0 aliphatic rings. The first-order valence-electron chi connectivity index (χ1n) is 12.4. The summed E-state index contributed by atoms with van der Waals surface area (Å²) >= 11 is 6.09. The highest BCUT2D eigenvalue weighted by Crippen LogP contribution is 2.31. The van der Waals surface area contributed by atoms with Crippen LogP contribution >= 0.6 is 11.6 Å². The summed E-state index contributed by atoms with van der Waals surface area (Å²) in [6, 6.07) is 13.3. The summed E-state index contributed by atoms with van der Waals surface area (Å²) in [5.41, 5.74) is 7.12. The van der Waals surface area contributed by atoms with E-state index < -0.39 is 32.9 Å². The zero-order chi connectivity index (χ0) is 30.1. The number of pyridine rings is 2. The summed E-state index contributed by atoms with van der Waals surface area (Å²) in [5, 5.41) is 1.03. The number of hydrogen-bond donors (Lipinski definition) is 1. The van der Waals surface area contributed by atoms with E-state index >= 15 is 0 Å². The van der Waals surface area contributed by atoms with Crippen LogP contribution in [0.2, 0.25) is 5.02 Å². The number of amides is 1. The molecule has 0 saturated heterocycles. The standard InChI is InChI=1S/C29H28ClFN4O5S/c1-17(36)40-16-29(2,3)26-10-7-20(14-33-26)28(37)35(24-9-8-21(31)13-25(24)41(4,38)39)15-18-5-6-19-12-22(30)27(32)34-23(19)11-18/h5-14H,15-16H2,1-4H3,(H2,32,34). The van der Waals surface area contributed by atoms with Gasteiger partial charge in [0.15, 0.2) is 9.84 Å². The molecule has 0 saturated carbocycles. The second-order valence-electron chi connectivity index (χ2n) is 10.3. The van der Waals surface area contributed by atoms with Gasteiger partial charge in [-0.2, -0.15) is 0 Å². The minimum absolute atomic E-state index is 0.00170. The minimum Gasteiger partial charge on any atom is -0.465 e. The van der Waals surface area contributed by atoms with Gasteiger partial charge in [-0.15, -0.1) is 0 Å². The van der Waals surface area contributed by atoms with Crippen molar-refractivity contribution >= 4 is 55.7 Å². The van der Waals surface area contributed by atoms with Crippen molar-refractivity contribution in [3.05, 3.63) is 88.5 Å².